The van der Waals surface area contributed by atoms with Crippen molar-refractivity contribution < 1.29 is 18.7 Å². The van der Waals surface area contributed by atoms with E-state index in [1.165, 1.54) is 12.1 Å². The van der Waals surface area contributed by atoms with E-state index in [0.29, 0.717) is 31.1 Å². The molecule has 0 heterocycles. The van der Waals surface area contributed by atoms with Crippen molar-refractivity contribution in [1.82, 2.24) is 0 Å². The monoisotopic (exact) mass is 433 g/mol. The average Bonchev–Trinajstić information content (AvgIpc) is 2.61. The van der Waals surface area contributed by atoms with Crippen LogP contribution in [0, 0.1) is 5.82 Å². The maximum Gasteiger partial charge on any atom is 0.169 e. The van der Waals surface area contributed by atoms with Crippen LogP contribution in [-0.4, -0.2) is 25.5 Å². The molecule has 0 N–H and O–H groups in total. The molecular weight excluding hydrogens is 404 g/mol. The van der Waals surface area contributed by atoms with Crippen molar-refractivity contribution in [2.45, 2.75) is 59.3 Å². The Morgan fingerprint density at radius 3 is 2.43 bits per heavy atom. The van der Waals surface area contributed by atoms with Gasteiger partial charge in [-0.3, -0.25) is 0 Å². The van der Waals surface area contributed by atoms with Crippen LogP contribution in [0.25, 0.3) is 0 Å². The number of oxime groups is 1. The second-order valence-electron chi connectivity index (χ2n) is 6.58. The molecule has 0 aromatic heterocycles. The molecule has 0 radical (unpaired) electrons. The standard InChI is InChI=1S/C21H30Cl2FNO3/c1-4-9-17-14-18(26-13-10-20(22)23)15-19(24)21(17)27-11-7-5-6-8-12-28-25-16(2)3/h10,14-15H,4-9,11-13H2,1-3H3. The van der Waals surface area contributed by atoms with Crippen LogP contribution in [0.4, 0.5) is 4.39 Å². The third-order valence-corrected chi connectivity index (χ3v) is 4.03. The van der Waals surface area contributed by atoms with Crippen LogP contribution in [-0.2, 0) is 11.3 Å². The molecule has 4 nitrogen and oxygen atoms in total. The highest BCUT2D eigenvalue weighted by Gasteiger charge is 2.13. The number of unbranched alkanes of at least 4 members (excludes halogenated alkanes) is 3. The summed E-state index contributed by atoms with van der Waals surface area (Å²) in [7, 11) is 0. The zero-order valence-electron chi connectivity index (χ0n) is 16.9. The quantitative estimate of drug-likeness (QED) is 0.183. The molecule has 0 saturated carbocycles. The molecule has 0 spiro atoms. The SMILES string of the molecule is CCCc1cc(OCC=C(Cl)Cl)cc(F)c1OCCCCCCON=C(C)C. The van der Waals surface area contributed by atoms with Crippen LogP contribution in [0.3, 0.4) is 0 Å². The predicted molar refractivity (Wildman–Crippen MR) is 114 cm³/mol. The molecule has 0 saturated heterocycles. The van der Waals surface area contributed by atoms with Crippen LogP contribution in [0.2, 0.25) is 0 Å². The summed E-state index contributed by atoms with van der Waals surface area (Å²) in [6.07, 6.45) is 6.92. The minimum atomic E-state index is -0.414. The number of ether oxygens (including phenoxy) is 2. The van der Waals surface area contributed by atoms with Crippen LogP contribution in [0.15, 0.2) is 27.9 Å². The lowest BCUT2D eigenvalue weighted by molar-refractivity contribution is 0.139. The number of hydrogen-bond acceptors (Lipinski definition) is 4. The second kappa shape index (κ2) is 14.5. The van der Waals surface area contributed by atoms with Crippen molar-refractivity contribution >= 4 is 28.9 Å². The summed E-state index contributed by atoms with van der Waals surface area (Å²) >= 11 is 11.1. The highest BCUT2D eigenvalue weighted by molar-refractivity contribution is 6.55. The van der Waals surface area contributed by atoms with Gasteiger partial charge in [-0.25, -0.2) is 4.39 Å². The minimum absolute atomic E-state index is 0.119. The topological polar surface area (TPSA) is 40.0 Å². The Balaban J connectivity index is 2.46. The summed E-state index contributed by atoms with van der Waals surface area (Å²) in [5, 5.41) is 3.89. The van der Waals surface area contributed by atoms with Crippen LogP contribution in [0.5, 0.6) is 11.5 Å². The molecule has 0 bridgehead atoms. The summed E-state index contributed by atoms with van der Waals surface area (Å²) in [5.74, 6) is 0.336. The van der Waals surface area contributed by atoms with Crippen LogP contribution >= 0.6 is 23.2 Å². The molecule has 1 aromatic carbocycles. The van der Waals surface area contributed by atoms with Gasteiger partial charge in [-0.15, -0.1) is 0 Å². The molecule has 1 rings (SSSR count). The fourth-order valence-electron chi connectivity index (χ4n) is 2.49. The summed E-state index contributed by atoms with van der Waals surface area (Å²) in [6, 6.07) is 3.14. The molecule has 0 amide bonds. The van der Waals surface area contributed by atoms with E-state index in [-0.39, 0.29) is 11.1 Å². The first-order chi connectivity index (χ1) is 13.4. The molecule has 0 aliphatic heterocycles. The Kier molecular flexibility index (Phi) is 12.8. The van der Waals surface area contributed by atoms with Gasteiger partial charge in [0.1, 0.15) is 23.5 Å². The van der Waals surface area contributed by atoms with E-state index in [1.54, 1.807) is 0 Å². The lowest BCUT2D eigenvalue weighted by Crippen LogP contribution is -2.04. The summed E-state index contributed by atoms with van der Waals surface area (Å²) in [5.41, 5.74) is 1.72. The number of rotatable bonds is 14. The van der Waals surface area contributed by atoms with Crippen LogP contribution in [0.1, 0.15) is 58.4 Å². The first-order valence-corrected chi connectivity index (χ1v) is 10.4. The molecule has 0 fully saturated rings. The second-order valence-corrected chi connectivity index (χ2v) is 7.59. The Hall–Kier alpha value is -1.46. The zero-order chi connectivity index (χ0) is 20.8. The van der Waals surface area contributed by atoms with Crippen molar-refractivity contribution in [3.63, 3.8) is 0 Å². The number of nitrogens with zero attached hydrogens (tertiary/aromatic N) is 1. The van der Waals surface area contributed by atoms with Gasteiger partial charge in [0.15, 0.2) is 11.6 Å². The predicted octanol–water partition coefficient (Wildman–Crippen LogP) is 6.83. The van der Waals surface area contributed by atoms with Gasteiger partial charge in [0.25, 0.3) is 0 Å². The lowest BCUT2D eigenvalue weighted by Gasteiger charge is -2.14. The molecule has 158 valence electrons. The molecule has 0 aliphatic rings. The number of aryl methyl sites for hydroxylation is 1. The minimum Gasteiger partial charge on any atom is -0.490 e. The Morgan fingerprint density at radius 1 is 1.07 bits per heavy atom. The molecule has 0 atom stereocenters. The van der Waals surface area contributed by atoms with Gasteiger partial charge in [-0.1, -0.05) is 41.7 Å². The first kappa shape index (κ1) is 24.6. The van der Waals surface area contributed by atoms with Gasteiger partial charge in [-0.05, 0) is 58.1 Å². The first-order valence-electron chi connectivity index (χ1n) is 9.66. The summed E-state index contributed by atoms with van der Waals surface area (Å²) in [4.78, 5) is 5.16. The molecule has 7 heteroatoms. The van der Waals surface area contributed by atoms with E-state index < -0.39 is 5.82 Å². The molecule has 0 aliphatic carbocycles. The lowest BCUT2D eigenvalue weighted by atomic mass is 10.1. The van der Waals surface area contributed by atoms with E-state index in [4.69, 9.17) is 37.5 Å². The fourth-order valence-corrected chi connectivity index (χ4v) is 2.62. The van der Waals surface area contributed by atoms with E-state index >= 15 is 0 Å². The highest BCUT2D eigenvalue weighted by Crippen LogP contribution is 2.30. The highest BCUT2D eigenvalue weighted by atomic mass is 35.5. The van der Waals surface area contributed by atoms with Gasteiger partial charge >= 0.3 is 0 Å². The third kappa shape index (κ3) is 10.8. The smallest absolute Gasteiger partial charge is 0.169 e. The van der Waals surface area contributed by atoms with Crippen molar-refractivity contribution in [2.24, 2.45) is 5.16 Å². The number of hydrogen-bond donors (Lipinski definition) is 0. The van der Waals surface area contributed by atoms with Gasteiger partial charge in [-0.2, -0.15) is 0 Å². The normalized spacial score (nSPS) is 10.4. The summed E-state index contributed by atoms with van der Waals surface area (Å²) < 4.78 is 25.8. The Labute approximate surface area is 177 Å². The van der Waals surface area contributed by atoms with Crippen molar-refractivity contribution in [2.75, 3.05) is 19.8 Å². The summed E-state index contributed by atoms with van der Waals surface area (Å²) in [6.45, 7) is 7.11. The zero-order valence-corrected chi connectivity index (χ0v) is 18.4. The van der Waals surface area contributed by atoms with Gasteiger partial charge in [0.05, 0.1) is 12.3 Å². The van der Waals surface area contributed by atoms with E-state index in [0.717, 1.165) is 43.4 Å². The van der Waals surface area contributed by atoms with E-state index in [1.807, 2.05) is 26.8 Å². The molecular formula is C21H30Cl2FNO3. The van der Waals surface area contributed by atoms with Crippen molar-refractivity contribution in [3.8, 4) is 11.5 Å². The van der Waals surface area contributed by atoms with Gasteiger partial charge in [0.2, 0.25) is 0 Å². The fraction of sp³-hybridized carbons (Fsp3) is 0.571. The van der Waals surface area contributed by atoms with Crippen LogP contribution < -0.4 is 9.47 Å². The average molecular weight is 434 g/mol. The van der Waals surface area contributed by atoms with Gasteiger partial charge in [0, 0.05) is 11.6 Å². The van der Waals surface area contributed by atoms with E-state index in [2.05, 4.69) is 5.16 Å². The Morgan fingerprint density at radius 2 is 1.79 bits per heavy atom. The molecule has 1 aromatic rings. The maximum atomic E-state index is 14.5. The number of halogens is 3. The molecule has 28 heavy (non-hydrogen) atoms. The number of benzene rings is 1. The van der Waals surface area contributed by atoms with Gasteiger partial charge < -0.3 is 14.3 Å². The largest absolute Gasteiger partial charge is 0.490 e. The molecule has 0 unspecified atom stereocenters. The van der Waals surface area contributed by atoms with E-state index in [9.17, 15) is 4.39 Å². The maximum absolute atomic E-state index is 14.5. The van der Waals surface area contributed by atoms with Crippen molar-refractivity contribution in [1.29, 1.82) is 0 Å². The third-order valence-electron chi connectivity index (χ3n) is 3.72. The van der Waals surface area contributed by atoms with Crippen molar-refractivity contribution in [3.05, 3.63) is 34.1 Å². The Bertz CT molecular complexity index is 643.